The lowest BCUT2D eigenvalue weighted by Crippen LogP contribution is -2.63. The molecule has 0 N–H and O–H groups in total. The molecule has 8 heteroatoms. The van der Waals surface area contributed by atoms with Crippen LogP contribution in [0.3, 0.4) is 0 Å². The van der Waals surface area contributed by atoms with Gasteiger partial charge in [-0.05, 0) is 81.3 Å². The van der Waals surface area contributed by atoms with Crippen molar-refractivity contribution >= 4 is 17.7 Å². The first-order chi connectivity index (χ1) is 21.0. The Morgan fingerprint density at radius 2 is 0.867 bits per heavy atom. The largest absolute Gasteiger partial charge is 0.482 e. The van der Waals surface area contributed by atoms with Gasteiger partial charge in [-0.1, -0.05) is 78.1 Å². The zero-order chi connectivity index (χ0) is 33.9. The molecule has 2 heterocycles. The number of likely N-dealkylation sites (tertiary alicyclic amines) is 2. The van der Waals surface area contributed by atoms with Gasteiger partial charge in [0, 0.05) is 47.8 Å². The summed E-state index contributed by atoms with van der Waals surface area (Å²) in [6.45, 7) is 24.1. The Bertz CT molecular complexity index is 890. The SMILES string of the molecule is CCCCCCCCN1C(C)(C)CC(OC(=O)C(=[N+]=[N-])C(=O)OC2CC(C)(C)N(CCCCCCCC)C(C)(C)C2)CC1(C)C. The Morgan fingerprint density at radius 1 is 0.578 bits per heavy atom. The molecule has 0 spiro atoms. The number of piperidine rings is 2. The molecule has 0 radical (unpaired) electrons. The van der Waals surface area contributed by atoms with Gasteiger partial charge in [0.15, 0.2) is 0 Å². The van der Waals surface area contributed by atoms with E-state index in [0.717, 1.165) is 25.9 Å². The van der Waals surface area contributed by atoms with Gasteiger partial charge in [-0.15, -0.1) is 0 Å². The Balaban J connectivity index is 1.96. The van der Waals surface area contributed by atoms with E-state index >= 15 is 0 Å². The summed E-state index contributed by atoms with van der Waals surface area (Å²) in [6, 6.07) is 0. The monoisotopic (exact) mass is 633 g/mol. The molecule has 0 amide bonds. The second kappa shape index (κ2) is 17.4. The molecule has 0 saturated carbocycles. The summed E-state index contributed by atoms with van der Waals surface area (Å²) < 4.78 is 11.7. The van der Waals surface area contributed by atoms with E-state index in [1.54, 1.807) is 0 Å². The van der Waals surface area contributed by atoms with Crippen LogP contribution in [0.1, 0.15) is 172 Å². The third kappa shape index (κ3) is 11.8. The molecule has 260 valence electrons. The summed E-state index contributed by atoms with van der Waals surface area (Å²) in [4.78, 5) is 34.6. The molecule has 0 aliphatic carbocycles. The third-order valence-electron chi connectivity index (χ3n) is 10.3. The van der Waals surface area contributed by atoms with E-state index in [-0.39, 0.29) is 22.2 Å². The maximum atomic E-state index is 13.2. The molecule has 45 heavy (non-hydrogen) atoms. The fourth-order valence-electron chi connectivity index (χ4n) is 8.51. The van der Waals surface area contributed by atoms with Crippen molar-refractivity contribution in [1.29, 1.82) is 0 Å². The number of hydrogen-bond acceptors (Lipinski definition) is 6. The van der Waals surface area contributed by atoms with Gasteiger partial charge in [-0.2, -0.15) is 4.79 Å². The number of rotatable bonds is 18. The fourth-order valence-corrected chi connectivity index (χ4v) is 8.51. The number of ether oxygens (including phenoxy) is 2. The number of esters is 2. The standard InChI is InChI=1S/C37H68N4O4/c1-11-13-15-17-19-21-23-40-34(3,4)25-29(26-35(40,5)6)44-32(42)31(39-38)33(43)45-30-27-36(7,8)41(37(9,10)28-30)24-22-20-18-16-14-12-2/h29-30H,11-28H2,1-10H3. The van der Waals surface area contributed by atoms with Gasteiger partial charge in [0.05, 0.1) is 0 Å². The first kappa shape index (κ1) is 39.4. The molecule has 2 saturated heterocycles. The summed E-state index contributed by atoms with van der Waals surface area (Å²) in [6.07, 6.45) is 16.8. The summed E-state index contributed by atoms with van der Waals surface area (Å²) in [5.74, 6) is -1.83. The van der Waals surface area contributed by atoms with Crippen LogP contribution in [-0.2, 0) is 19.1 Å². The van der Waals surface area contributed by atoms with Crippen molar-refractivity contribution in [2.75, 3.05) is 13.1 Å². The van der Waals surface area contributed by atoms with Crippen molar-refractivity contribution in [1.82, 2.24) is 9.80 Å². The van der Waals surface area contributed by atoms with Gasteiger partial charge in [0.2, 0.25) is 0 Å². The Hall–Kier alpha value is -1.76. The van der Waals surface area contributed by atoms with Gasteiger partial charge in [-0.25, -0.2) is 9.59 Å². The van der Waals surface area contributed by atoms with Gasteiger partial charge >= 0.3 is 17.7 Å². The van der Waals surface area contributed by atoms with Crippen LogP contribution >= 0.6 is 0 Å². The molecule has 0 unspecified atom stereocenters. The lowest BCUT2D eigenvalue weighted by atomic mass is 9.77. The van der Waals surface area contributed by atoms with Crippen molar-refractivity contribution in [3.05, 3.63) is 5.53 Å². The van der Waals surface area contributed by atoms with E-state index in [1.807, 2.05) is 0 Å². The van der Waals surface area contributed by atoms with Crippen molar-refractivity contribution in [3.8, 4) is 0 Å². The summed E-state index contributed by atoms with van der Waals surface area (Å²) in [5, 5.41) is 0. The summed E-state index contributed by atoms with van der Waals surface area (Å²) in [7, 11) is 0. The number of unbranched alkanes of at least 4 members (excludes halogenated alkanes) is 10. The average Bonchev–Trinajstić information content (AvgIpc) is 2.89. The van der Waals surface area contributed by atoms with Crippen LogP contribution in [-0.4, -0.2) is 79.7 Å². The van der Waals surface area contributed by atoms with Crippen LogP contribution in [0, 0.1) is 0 Å². The second-order valence-electron chi connectivity index (χ2n) is 16.4. The highest BCUT2D eigenvalue weighted by Crippen LogP contribution is 2.41. The van der Waals surface area contributed by atoms with Crippen LogP contribution in [0.5, 0.6) is 0 Å². The molecule has 8 nitrogen and oxygen atoms in total. The van der Waals surface area contributed by atoms with Crippen LogP contribution in [0.25, 0.3) is 5.53 Å². The lowest BCUT2D eigenvalue weighted by molar-refractivity contribution is -0.165. The van der Waals surface area contributed by atoms with Gasteiger partial charge in [-0.3, -0.25) is 9.80 Å². The lowest BCUT2D eigenvalue weighted by Gasteiger charge is -2.55. The molecule has 2 aliphatic heterocycles. The maximum Gasteiger partial charge on any atom is 0.482 e. The highest BCUT2D eigenvalue weighted by atomic mass is 16.6. The van der Waals surface area contributed by atoms with Gasteiger partial charge < -0.3 is 15.0 Å². The maximum absolute atomic E-state index is 13.2. The van der Waals surface area contributed by atoms with Crippen molar-refractivity contribution < 1.29 is 23.9 Å². The zero-order valence-corrected chi connectivity index (χ0v) is 30.8. The minimum atomic E-state index is -0.914. The topological polar surface area (TPSA) is 95.5 Å². The van der Waals surface area contributed by atoms with E-state index < -0.39 is 29.9 Å². The molecule has 0 aromatic heterocycles. The zero-order valence-electron chi connectivity index (χ0n) is 30.8. The molecule has 0 bridgehead atoms. The first-order valence-electron chi connectivity index (χ1n) is 18.2. The van der Waals surface area contributed by atoms with Gasteiger partial charge in [0.1, 0.15) is 12.2 Å². The van der Waals surface area contributed by atoms with Crippen LogP contribution in [0.15, 0.2) is 0 Å². The first-order valence-corrected chi connectivity index (χ1v) is 18.2. The predicted octanol–water partition coefficient (Wildman–Crippen LogP) is 8.51. The number of nitrogens with zero attached hydrogens (tertiary/aromatic N) is 4. The Labute approximate surface area is 276 Å². The molecule has 0 aromatic rings. The van der Waals surface area contributed by atoms with E-state index in [2.05, 4.69) is 83.8 Å². The van der Waals surface area contributed by atoms with Crippen LogP contribution in [0.4, 0.5) is 0 Å². The van der Waals surface area contributed by atoms with Crippen LogP contribution < -0.4 is 0 Å². The quantitative estimate of drug-likeness (QED) is 0.0375. The fraction of sp³-hybridized carbons (Fsp3) is 0.919. The molecule has 2 fully saturated rings. The summed E-state index contributed by atoms with van der Waals surface area (Å²) >= 11 is 0. The van der Waals surface area contributed by atoms with E-state index in [4.69, 9.17) is 9.47 Å². The smallest absolute Gasteiger partial charge is 0.453 e. The third-order valence-corrected chi connectivity index (χ3v) is 10.3. The Morgan fingerprint density at radius 3 is 1.16 bits per heavy atom. The highest BCUT2D eigenvalue weighted by molar-refractivity contribution is 6.60. The van der Waals surface area contributed by atoms with Crippen molar-refractivity contribution in [2.45, 2.75) is 206 Å². The van der Waals surface area contributed by atoms with E-state index in [0.29, 0.717) is 25.7 Å². The minimum Gasteiger partial charge on any atom is -0.453 e. The predicted molar refractivity (Wildman–Crippen MR) is 183 cm³/mol. The molecule has 2 rings (SSSR count). The molecule has 0 aromatic carbocycles. The number of carbonyl (C=O) groups excluding carboxylic acids is 2. The normalized spacial score (nSPS) is 21.6. The molecular formula is C37H68N4O4. The minimum absolute atomic E-state index is 0.187. The molecular weight excluding hydrogens is 564 g/mol. The number of hydrogen-bond donors (Lipinski definition) is 0. The van der Waals surface area contributed by atoms with E-state index in [9.17, 15) is 15.1 Å². The Kier molecular flexibility index (Phi) is 15.2. The van der Waals surface area contributed by atoms with Crippen molar-refractivity contribution in [2.24, 2.45) is 0 Å². The molecule has 2 aliphatic rings. The summed E-state index contributed by atoms with van der Waals surface area (Å²) in [5.41, 5.74) is 8.32. The second-order valence-corrected chi connectivity index (χ2v) is 16.4. The van der Waals surface area contributed by atoms with Gasteiger partial charge in [0.25, 0.3) is 0 Å². The van der Waals surface area contributed by atoms with Crippen LogP contribution in [0.2, 0.25) is 0 Å². The molecule has 0 atom stereocenters. The number of carbonyl (C=O) groups is 2. The van der Waals surface area contributed by atoms with Crippen molar-refractivity contribution in [3.63, 3.8) is 0 Å². The average molecular weight is 633 g/mol. The highest BCUT2D eigenvalue weighted by Gasteiger charge is 2.49. The van der Waals surface area contributed by atoms with E-state index in [1.165, 1.54) is 64.2 Å².